The smallest absolute Gasteiger partial charge is 0.242 e. The van der Waals surface area contributed by atoms with Crippen LogP contribution in [-0.2, 0) is 15.1 Å². The van der Waals surface area contributed by atoms with Crippen molar-refractivity contribution in [1.29, 1.82) is 0 Å². The predicted octanol–water partition coefficient (Wildman–Crippen LogP) is 3.97. The molecule has 1 aromatic carbocycles. The molecule has 2 fully saturated rings. The molecule has 2 N–H and O–H groups in total. The monoisotopic (exact) mass is 501 g/mol. The van der Waals surface area contributed by atoms with Crippen LogP contribution in [0.15, 0.2) is 24.7 Å². The summed E-state index contributed by atoms with van der Waals surface area (Å²) in [5.41, 5.74) is 1.24. The Labute approximate surface area is 211 Å². The zero-order chi connectivity index (χ0) is 25.4. The Bertz CT molecular complexity index is 1100. The highest BCUT2D eigenvalue weighted by molar-refractivity contribution is 5.94. The maximum absolute atomic E-state index is 14.6. The van der Waals surface area contributed by atoms with Gasteiger partial charge in [0.05, 0.1) is 31.1 Å². The minimum atomic E-state index is -0.515. The lowest BCUT2D eigenvalue weighted by atomic mass is 9.87. The molecular weight excluding hydrogens is 464 g/mol. The highest BCUT2D eigenvalue weighted by Gasteiger charge is 2.46. The molecule has 1 aromatic heterocycles. The van der Waals surface area contributed by atoms with Crippen LogP contribution in [0.5, 0.6) is 0 Å². The molecular formula is C27H37F2N5O2. The number of imidazole rings is 1. The summed E-state index contributed by atoms with van der Waals surface area (Å²) in [6, 6.07) is 2.04. The first kappa shape index (κ1) is 25.3. The predicted molar refractivity (Wildman–Crippen MR) is 134 cm³/mol. The van der Waals surface area contributed by atoms with Gasteiger partial charge in [0.15, 0.2) is 5.82 Å². The molecule has 5 rings (SSSR count). The van der Waals surface area contributed by atoms with Gasteiger partial charge in [-0.2, -0.15) is 0 Å². The number of nitrogens with zero attached hydrogens (tertiary/aromatic N) is 3. The van der Waals surface area contributed by atoms with Gasteiger partial charge in [0, 0.05) is 43.9 Å². The van der Waals surface area contributed by atoms with Gasteiger partial charge in [-0.05, 0) is 56.2 Å². The van der Waals surface area contributed by atoms with E-state index < -0.39 is 17.7 Å². The van der Waals surface area contributed by atoms with E-state index in [4.69, 9.17) is 4.74 Å². The van der Waals surface area contributed by atoms with E-state index in [1.165, 1.54) is 6.07 Å². The summed E-state index contributed by atoms with van der Waals surface area (Å²) in [7, 11) is 0. The van der Waals surface area contributed by atoms with Gasteiger partial charge >= 0.3 is 0 Å². The molecule has 4 unspecified atom stereocenters. The van der Waals surface area contributed by atoms with E-state index in [-0.39, 0.29) is 29.3 Å². The Morgan fingerprint density at radius 3 is 2.78 bits per heavy atom. The number of amides is 1. The maximum atomic E-state index is 14.6. The van der Waals surface area contributed by atoms with Gasteiger partial charge in [-0.3, -0.25) is 9.69 Å². The van der Waals surface area contributed by atoms with Crippen molar-refractivity contribution in [3.05, 3.63) is 47.4 Å². The van der Waals surface area contributed by atoms with Crippen LogP contribution in [0.2, 0.25) is 0 Å². The normalized spacial score (nSPS) is 24.6. The number of rotatable bonds is 9. The first-order chi connectivity index (χ1) is 17.2. The van der Waals surface area contributed by atoms with Crippen molar-refractivity contribution in [1.82, 2.24) is 19.8 Å². The summed E-state index contributed by atoms with van der Waals surface area (Å²) >= 11 is 0. The summed E-state index contributed by atoms with van der Waals surface area (Å²) in [5.74, 6) is -0.473. The summed E-state index contributed by atoms with van der Waals surface area (Å²) in [6.07, 6.45) is 6.76. The number of morpholine rings is 1. The van der Waals surface area contributed by atoms with Gasteiger partial charge in [0.1, 0.15) is 11.6 Å². The minimum absolute atomic E-state index is 0.00484. The van der Waals surface area contributed by atoms with E-state index in [1.807, 2.05) is 13.1 Å². The molecule has 1 aliphatic heterocycles. The molecule has 7 nitrogen and oxygen atoms in total. The molecule has 9 heteroatoms. The fraction of sp³-hybridized carbons (Fsp3) is 0.630. The molecule has 196 valence electrons. The molecule has 4 atom stereocenters. The van der Waals surface area contributed by atoms with Crippen LogP contribution in [0.3, 0.4) is 0 Å². The van der Waals surface area contributed by atoms with Gasteiger partial charge < -0.3 is 19.9 Å². The summed E-state index contributed by atoms with van der Waals surface area (Å²) < 4.78 is 35.8. The van der Waals surface area contributed by atoms with Crippen LogP contribution in [0.4, 0.5) is 14.6 Å². The summed E-state index contributed by atoms with van der Waals surface area (Å²) in [6.45, 7) is 10.6. The third-order valence-electron chi connectivity index (χ3n) is 8.06. The lowest BCUT2D eigenvalue weighted by Gasteiger charge is -2.35. The van der Waals surface area contributed by atoms with Crippen LogP contribution in [-0.4, -0.2) is 65.3 Å². The SMILES string of the molecule is CCCC(NC1CC2CC1c1c(F)cc(F)cc12)C(=O)Nc1cn(C(C)(C)CN2CCOCC2)cn1. The Hall–Kier alpha value is -2.36. The van der Waals surface area contributed by atoms with E-state index in [0.29, 0.717) is 17.8 Å². The molecule has 1 amide bonds. The van der Waals surface area contributed by atoms with Gasteiger partial charge in [0.25, 0.3) is 0 Å². The highest BCUT2D eigenvalue weighted by atomic mass is 19.1. The number of nitrogens with one attached hydrogen (secondary N) is 2. The van der Waals surface area contributed by atoms with E-state index in [0.717, 1.165) is 63.7 Å². The molecule has 2 aromatic rings. The highest BCUT2D eigenvalue weighted by Crippen LogP contribution is 2.54. The number of carbonyl (C=O) groups is 1. The molecule has 1 saturated heterocycles. The Morgan fingerprint density at radius 2 is 2.03 bits per heavy atom. The second-order valence-electron chi connectivity index (χ2n) is 11.1. The van der Waals surface area contributed by atoms with E-state index in [2.05, 4.69) is 38.9 Å². The summed E-state index contributed by atoms with van der Waals surface area (Å²) in [5, 5.41) is 6.51. The Balaban J connectivity index is 1.23. The fourth-order valence-electron chi connectivity index (χ4n) is 6.29. The molecule has 36 heavy (non-hydrogen) atoms. The number of benzene rings is 1. The largest absolute Gasteiger partial charge is 0.379 e. The van der Waals surface area contributed by atoms with Crippen molar-refractivity contribution in [2.45, 2.75) is 75.9 Å². The molecule has 3 aliphatic rings. The second-order valence-corrected chi connectivity index (χ2v) is 11.1. The lowest BCUT2D eigenvalue weighted by molar-refractivity contribution is -0.118. The van der Waals surface area contributed by atoms with Gasteiger partial charge in [0.2, 0.25) is 5.91 Å². The van der Waals surface area contributed by atoms with Gasteiger partial charge in [-0.15, -0.1) is 0 Å². The van der Waals surface area contributed by atoms with Crippen LogP contribution in [0, 0.1) is 11.6 Å². The average molecular weight is 502 g/mol. The Kier molecular flexibility index (Phi) is 7.16. The number of hydrogen-bond donors (Lipinski definition) is 2. The minimum Gasteiger partial charge on any atom is -0.379 e. The molecule has 0 radical (unpaired) electrons. The first-order valence-electron chi connectivity index (χ1n) is 13.2. The van der Waals surface area contributed by atoms with Crippen LogP contribution < -0.4 is 10.6 Å². The molecule has 2 aliphatic carbocycles. The molecule has 0 spiro atoms. The average Bonchev–Trinajstić information content (AvgIpc) is 3.55. The molecule has 2 heterocycles. The molecule has 2 bridgehead atoms. The van der Waals surface area contributed by atoms with Crippen molar-refractivity contribution < 1.29 is 18.3 Å². The standard InChI is InChI=1S/C27H37F2N5O2/c1-4-5-22(31-23-11-17-10-20(23)25-19(17)12-18(28)13-21(25)29)26(35)32-24-14-34(16-30-24)27(2,3)15-33-6-8-36-9-7-33/h12-14,16-17,20,22-23,31H,4-11,15H2,1-3H3,(H,32,35). The van der Waals surface area contributed by atoms with Gasteiger partial charge in [-0.1, -0.05) is 13.3 Å². The van der Waals surface area contributed by atoms with Crippen molar-refractivity contribution in [2.75, 3.05) is 38.2 Å². The van der Waals surface area contributed by atoms with E-state index in [9.17, 15) is 13.6 Å². The number of aromatic nitrogens is 2. The summed E-state index contributed by atoms with van der Waals surface area (Å²) in [4.78, 5) is 20.1. The van der Waals surface area contributed by atoms with Crippen molar-refractivity contribution in [3.8, 4) is 0 Å². The quantitative estimate of drug-likeness (QED) is 0.544. The second kappa shape index (κ2) is 10.2. The van der Waals surface area contributed by atoms with E-state index in [1.54, 1.807) is 6.33 Å². The fourth-order valence-corrected chi connectivity index (χ4v) is 6.29. The van der Waals surface area contributed by atoms with Crippen LogP contribution in [0.1, 0.15) is 69.4 Å². The third-order valence-corrected chi connectivity index (χ3v) is 8.06. The Morgan fingerprint density at radius 1 is 1.25 bits per heavy atom. The topological polar surface area (TPSA) is 71.4 Å². The maximum Gasteiger partial charge on any atom is 0.242 e. The van der Waals surface area contributed by atoms with Crippen molar-refractivity contribution in [3.63, 3.8) is 0 Å². The zero-order valence-corrected chi connectivity index (χ0v) is 21.4. The number of carbonyl (C=O) groups excluding carboxylic acids is 1. The number of ether oxygens (including phenoxy) is 1. The van der Waals surface area contributed by atoms with Crippen LogP contribution >= 0.6 is 0 Å². The van der Waals surface area contributed by atoms with Crippen LogP contribution in [0.25, 0.3) is 0 Å². The van der Waals surface area contributed by atoms with Crippen molar-refractivity contribution >= 4 is 11.7 Å². The number of fused-ring (bicyclic) bond motifs is 5. The third kappa shape index (κ3) is 5.06. The van der Waals surface area contributed by atoms with Gasteiger partial charge in [-0.25, -0.2) is 13.8 Å². The number of anilines is 1. The van der Waals surface area contributed by atoms with Crippen molar-refractivity contribution in [2.24, 2.45) is 0 Å². The molecule has 1 saturated carbocycles. The first-order valence-corrected chi connectivity index (χ1v) is 13.2. The van der Waals surface area contributed by atoms with E-state index >= 15 is 0 Å². The number of hydrogen-bond acceptors (Lipinski definition) is 5. The zero-order valence-electron chi connectivity index (χ0n) is 21.4. The number of halogens is 2. The lowest BCUT2D eigenvalue weighted by Crippen LogP contribution is -2.47.